The van der Waals surface area contributed by atoms with Crippen molar-refractivity contribution >= 4 is 11.8 Å². The fourth-order valence-electron chi connectivity index (χ4n) is 4.19. The van der Waals surface area contributed by atoms with Gasteiger partial charge in [0, 0.05) is 25.6 Å². The second-order valence-corrected chi connectivity index (χ2v) is 9.29. The quantitative estimate of drug-likeness (QED) is 0.689. The average Bonchev–Trinajstić information content (AvgIpc) is 3.16. The molecule has 2 atom stereocenters. The summed E-state index contributed by atoms with van der Waals surface area (Å²) in [6, 6.07) is 10.4. The van der Waals surface area contributed by atoms with Crippen molar-refractivity contribution < 1.29 is 9.59 Å². The normalized spacial score (nSPS) is 18.1. The van der Waals surface area contributed by atoms with Gasteiger partial charge in [0.2, 0.25) is 11.8 Å². The summed E-state index contributed by atoms with van der Waals surface area (Å²) >= 11 is 0. The number of amides is 2. The minimum Gasteiger partial charge on any atom is -0.353 e. The number of likely N-dealkylation sites (tertiary alicyclic amines) is 1. The molecule has 29 heavy (non-hydrogen) atoms. The van der Waals surface area contributed by atoms with Gasteiger partial charge in [0.25, 0.3) is 0 Å². The third kappa shape index (κ3) is 7.14. The van der Waals surface area contributed by atoms with E-state index in [-0.39, 0.29) is 29.3 Å². The molecule has 0 radical (unpaired) electrons. The Kier molecular flexibility index (Phi) is 8.69. The molecule has 5 nitrogen and oxygen atoms in total. The molecular weight excluding hydrogens is 362 g/mol. The standard InChI is InChI=1S/C24H39N3O2/c1-6-26(7-2)20(16-19-12-9-8-10-13-19)18-25-23(29)21-14-11-15-27(21)22(28)17-24(3,4)5/h8-10,12-13,20-21H,6-7,11,14-18H2,1-5H3,(H,25,29). The van der Waals surface area contributed by atoms with E-state index in [9.17, 15) is 9.59 Å². The van der Waals surface area contributed by atoms with E-state index in [0.717, 1.165) is 32.4 Å². The van der Waals surface area contributed by atoms with Crippen LogP contribution in [0, 0.1) is 5.41 Å². The van der Waals surface area contributed by atoms with Gasteiger partial charge in [-0.3, -0.25) is 14.5 Å². The molecule has 1 saturated heterocycles. The van der Waals surface area contributed by atoms with Gasteiger partial charge in [0.1, 0.15) is 6.04 Å². The van der Waals surface area contributed by atoms with Gasteiger partial charge < -0.3 is 10.2 Å². The van der Waals surface area contributed by atoms with Gasteiger partial charge in [0.15, 0.2) is 0 Å². The van der Waals surface area contributed by atoms with Crippen LogP contribution in [0.1, 0.15) is 59.4 Å². The molecule has 1 N–H and O–H groups in total. The van der Waals surface area contributed by atoms with Gasteiger partial charge in [-0.25, -0.2) is 0 Å². The van der Waals surface area contributed by atoms with Crippen LogP contribution in [0.2, 0.25) is 0 Å². The topological polar surface area (TPSA) is 52.7 Å². The van der Waals surface area contributed by atoms with Gasteiger partial charge in [0.05, 0.1) is 0 Å². The third-order valence-electron chi connectivity index (χ3n) is 5.71. The van der Waals surface area contributed by atoms with Crippen LogP contribution in [0.3, 0.4) is 0 Å². The summed E-state index contributed by atoms with van der Waals surface area (Å²) in [6.07, 6.45) is 3.04. The molecule has 5 heteroatoms. The van der Waals surface area contributed by atoms with Crippen molar-refractivity contribution in [2.75, 3.05) is 26.2 Å². The maximum Gasteiger partial charge on any atom is 0.242 e. The zero-order valence-electron chi connectivity index (χ0n) is 18.9. The van der Waals surface area contributed by atoms with Crippen LogP contribution in [0.25, 0.3) is 0 Å². The van der Waals surface area contributed by atoms with Gasteiger partial charge in [-0.2, -0.15) is 0 Å². The third-order valence-corrected chi connectivity index (χ3v) is 5.71. The number of carbonyl (C=O) groups excluding carboxylic acids is 2. The molecule has 0 bridgehead atoms. The van der Waals surface area contributed by atoms with E-state index >= 15 is 0 Å². The lowest BCUT2D eigenvalue weighted by atomic mass is 9.91. The summed E-state index contributed by atoms with van der Waals surface area (Å²) < 4.78 is 0. The number of hydrogen-bond donors (Lipinski definition) is 1. The lowest BCUT2D eigenvalue weighted by Gasteiger charge is -2.31. The van der Waals surface area contributed by atoms with Crippen molar-refractivity contribution in [1.29, 1.82) is 0 Å². The molecule has 1 heterocycles. The Morgan fingerprint density at radius 2 is 1.83 bits per heavy atom. The first-order valence-corrected chi connectivity index (χ1v) is 11.1. The van der Waals surface area contributed by atoms with Crippen LogP contribution in [0.15, 0.2) is 30.3 Å². The number of rotatable bonds is 9. The van der Waals surface area contributed by atoms with Gasteiger partial charge >= 0.3 is 0 Å². The van der Waals surface area contributed by atoms with E-state index in [2.05, 4.69) is 69.1 Å². The fourth-order valence-corrected chi connectivity index (χ4v) is 4.19. The molecule has 162 valence electrons. The molecule has 1 aromatic rings. The number of nitrogens with zero attached hydrogens (tertiary/aromatic N) is 2. The maximum absolute atomic E-state index is 13.0. The monoisotopic (exact) mass is 401 g/mol. The van der Waals surface area contributed by atoms with E-state index in [1.165, 1.54) is 5.56 Å². The highest BCUT2D eigenvalue weighted by Crippen LogP contribution is 2.25. The summed E-state index contributed by atoms with van der Waals surface area (Å²) in [7, 11) is 0. The van der Waals surface area contributed by atoms with E-state index in [1.807, 2.05) is 6.07 Å². The first-order valence-electron chi connectivity index (χ1n) is 11.1. The molecule has 0 spiro atoms. The van der Waals surface area contributed by atoms with Gasteiger partial charge in [-0.05, 0) is 43.3 Å². The highest BCUT2D eigenvalue weighted by molar-refractivity contribution is 5.88. The molecule has 1 fully saturated rings. The highest BCUT2D eigenvalue weighted by Gasteiger charge is 2.35. The average molecular weight is 402 g/mol. The molecule has 1 aromatic carbocycles. The minimum absolute atomic E-state index is 0.00465. The summed E-state index contributed by atoms with van der Waals surface area (Å²) in [6.45, 7) is 13.7. The summed E-state index contributed by atoms with van der Waals surface area (Å²) in [5.41, 5.74) is 1.21. The number of carbonyl (C=O) groups is 2. The van der Waals surface area contributed by atoms with Crippen LogP contribution in [-0.2, 0) is 16.0 Å². The largest absolute Gasteiger partial charge is 0.353 e. The zero-order valence-corrected chi connectivity index (χ0v) is 18.9. The Labute approximate surface area is 176 Å². The highest BCUT2D eigenvalue weighted by atomic mass is 16.2. The Morgan fingerprint density at radius 1 is 1.17 bits per heavy atom. The Hall–Kier alpha value is -1.88. The Bertz CT molecular complexity index is 650. The molecule has 0 saturated carbocycles. The number of hydrogen-bond acceptors (Lipinski definition) is 3. The predicted octanol–water partition coefficient (Wildman–Crippen LogP) is 3.48. The van der Waals surface area contributed by atoms with Crippen molar-refractivity contribution in [3.8, 4) is 0 Å². The lowest BCUT2D eigenvalue weighted by Crippen LogP contribution is -2.51. The number of likely N-dealkylation sites (N-methyl/N-ethyl adjacent to an activating group) is 1. The fraction of sp³-hybridized carbons (Fsp3) is 0.667. The molecular formula is C24H39N3O2. The molecule has 0 aromatic heterocycles. The molecule has 2 amide bonds. The van der Waals surface area contributed by atoms with Crippen molar-refractivity contribution in [2.24, 2.45) is 5.41 Å². The second-order valence-electron chi connectivity index (χ2n) is 9.29. The maximum atomic E-state index is 13.0. The first-order chi connectivity index (χ1) is 13.7. The Balaban J connectivity index is 2.00. The van der Waals surface area contributed by atoms with E-state index in [1.54, 1.807) is 4.90 Å². The van der Waals surface area contributed by atoms with Crippen LogP contribution in [0.4, 0.5) is 0 Å². The minimum atomic E-state index is -0.320. The summed E-state index contributed by atoms with van der Waals surface area (Å²) in [5, 5.41) is 3.17. The summed E-state index contributed by atoms with van der Waals surface area (Å²) in [4.78, 5) is 29.8. The van der Waals surface area contributed by atoms with Gasteiger partial charge in [-0.15, -0.1) is 0 Å². The van der Waals surface area contributed by atoms with Crippen LogP contribution >= 0.6 is 0 Å². The van der Waals surface area contributed by atoms with Crippen molar-refractivity contribution in [3.05, 3.63) is 35.9 Å². The molecule has 1 aliphatic heterocycles. The first kappa shape index (κ1) is 23.4. The van der Waals surface area contributed by atoms with E-state index < -0.39 is 0 Å². The molecule has 0 aliphatic carbocycles. The number of nitrogens with one attached hydrogen (secondary N) is 1. The van der Waals surface area contributed by atoms with Crippen molar-refractivity contribution in [1.82, 2.24) is 15.1 Å². The van der Waals surface area contributed by atoms with Crippen molar-refractivity contribution in [3.63, 3.8) is 0 Å². The van der Waals surface area contributed by atoms with E-state index in [4.69, 9.17) is 0 Å². The van der Waals surface area contributed by atoms with Gasteiger partial charge in [-0.1, -0.05) is 65.0 Å². The Morgan fingerprint density at radius 3 is 2.41 bits per heavy atom. The smallest absolute Gasteiger partial charge is 0.242 e. The predicted molar refractivity (Wildman–Crippen MR) is 119 cm³/mol. The van der Waals surface area contributed by atoms with Crippen LogP contribution < -0.4 is 5.32 Å². The van der Waals surface area contributed by atoms with E-state index in [0.29, 0.717) is 19.5 Å². The lowest BCUT2D eigenvalue weighted by molar-refractivity contribution is -0.139. The zero-order chi connectivity index (χ0) is 21.4. The van der Waals surface area contributed by atoms with Crippen LogP contribution in [-0.4, -0.2) is 59.9 Å². The SMILES string of the molecule is CCN(CC)C(CNC(=O)C1CCCN1C(=O)CC(C)(C)C)Cc1ccccc1. The molecule has 2 rings (SSSR count). The van der Waals surface area contributed by atoms with Crippen molar-refractivity contribution in [2.45, 2.75) is 72.4 Å². The summed E-state index contributed by atoms with van der Waals surface area (Å²) in [5.74, 6) is 0.0923. The molecule has 2 unspecified atom stereocenters. The molecule has 1 aliphatic rings. The number of benzene rings is 1. The van der Waals surface area contributed by atoms with Crippen LogP contribution in [0.5, 0.6) is 0 Å². The second kappa shape index (κ2) is 10.8.